The summed E-state index contributed by atoms with van der Waals surface area (Å²) in [4.78, 5) is 7.22. The highest BCUT2D eigenvalue weighted by Gasteiger charge is 2.08. The number of rotatable bonds is 9. The zero-order valence-corrected chi connectivity index (χ0v) is 14.5. The minimum atomic E-state index is 0.616. The molecule has 0 radical (unpaired) electrons. The highest BCUT2D eigenvalue weighted by Crippen LogP contribution is 2.09. The molecule has 4 heteroatoms. The first-order valence-corrected chi connectivity index (χ1v) is 8.97. The van der Waals surface area contributed by atoms with Crippen molar-refractivity contribution in [3.05, 3.63) is 0 Å². The highest BCUT2D eigenvalue weighted by molar-refractivity contribution is 5.79. The van der Waals surface area contributed by atoms with Crippen molar-refractivity contribution < 1.29 is 0 Å². The molecule has 124 valence electrons. The van der Waals surface area contributed by atoms with Crippen LogP contribution in [0.2, 0.25) is 0 Å². The monoisotopic (exact) mass is 296 g/mol. The Hall–Kier alpha value is -0.770. The van der Waals surface area contributed by atoms with Crippen molar-refractivity contribution in [1.82, 2.24) is 15.5 Å². The topological polar surface area (TPSA) is 39.7 Å². The minimum Gasteiger partial charge on any atom is -0.357 e. The van der Waals surface area contributed by atoms with Gasteiger partial charge in [-0.2, -0.15) is 0 Å². The van der Waals surface area contributed by atoms with Gasteiger partial charge in [0.2, 0.25) is 0 Å². The van der Waals surface area contributed by atoms with Crippen LogP contribution in [0, 0.1) is 5.92 Å². The van der Waals surface area contributed by atoms with Gasteiger partial charge >= 0.3 is 0 Å². The maximum absolute atomic E-state index is 4.59. The molecule has 1 heterocycles. The molecule has 1 aliphatic rings. The molecular weight excluding hydrogens is 260 g/mol. The highest BCUT2D eigenvalue weighted by atomic mass is 15.2. The van der Waals surface area contributed by atoms with Gasteiger partial charge < -0.3 is 15.5 Å². The fourth-order valence-electron chi connectivity index (χ4n) is 2.64. The predicted octanol–water partition coefficient (Wildman–Crippen LogP) is 2.85. The average Bonchev–Trinajstić information content (AvgIpc) is 2.49. The van der Waals surface area contributed by atoms with E-state index in [4.69, 9.17) is 0 Å². The Kier molecular flexibility index (Phi) is 10.3. The van der Waals surface area contributed by atoms with E-state index in [1.165, 1.54) is 58.2 Å². The van der Waals surface area contributed by atoms with E-state index in [-0.39, 0.29) is 0 Å². The molecule has 1 rings (SSSR count). The Morgan fingerprint density at radius 2 is 1.81 bits per heavy atom. The molecule has 1 saturated heterocycles. The van der Waals surface area contributed by atoms with Crippen molar-refractivity contribution in [3.8, 4) is 0 Å². The van der Waals surface area contributed by atoms with E-state index in [2.05, 4.69) is 41.3 Å². The lowest BCUT2D eigenvalue weighted by molar-refractivity contribution is 0.224. The smallest absolute Gasteiger partial charge is 0.191 e. The van der Waals surface area contributed by atoms with Crippen molar-refractivity contribution in [2.45, 2.75) is 59.3 Å². The molecule has 0 saturated carbocycles. The molecular formula is C17H36N4. The second-order valence-electron chi connectivity index (χ2n) is 6.50. The number of unbranched alkanes of at least 4 members (excludes halogenated alkanes) is 2. The second kappa shape index (κ2) is 11.8. The third-order valence-electron chi connectivity index (χ3n) is 3.85. The molecule has 0 aromatic heterocycles. The molecule has 21 heavy (non-hydrogen) atoms. The zero-order chi connectivity index (χ0) is 15.3. The van der Waals surface area contributed by atoms with Crippen LogP contribution in [0.4, 0.5) is 0 Å². The molecule has 4 nitrogen and oxygen atoms in total. The van der Waals surface area contributed by atoms with Crippen molar-refractivity contribution in [1.29, 1.82) is 0 Å². The predicted molar refractivity (Wildman–Crippen MR) is 93.0 cm³/mol. The standard InChI is InChI=1S/C17H36N4/c1-4-18-17(20-15-16(2)3)19-11-7-5-8-12-21-13-9-6-10-14-21/h16H,4-15H2,1-3H3,(H2,18,19,20). The molecule has 1 aliphatic heterocycles. The van der Waals surface area contributed by atoms with E-state index in [1.54, 1.807) is 0 Å². The quantitative estimate of drug-likeness (QED) is 0.390. The molecule has 0 atom stereocenters. The normalized spacial score (nSPS) is 17.2. The molecule has 0 spiro atoms. The molecule has 1 fully saturated rings. The molecule has 0 aliphatic carbocycles. The van der Waals surface area contributed by atoms with Gasteiger partial charge in [-0.3, -0.25) is 4.99 Å². The summed E-state index contributed by atoms with van der Waals surface area (Å²) >= 11 is 0. The lowest BCUT2D eigenvalue weighted by atomic mass is 10.1. The van der Waals surface area contributed by atoms with E-state index in [9.17, 15) is 0 Å². The van der Waals surface area contributed by atoms with E-state index < -0.39 is 0 Å². The SMILES string of the molecule is CCNC(=NCC(C)C)NCCCCCN1CCCCC1. The second-order valence-corrected chi connectivity index (χ2v) is 6.50. The summed E-state index contributed by atoms with van der Waals surface area (Å²) in [5, 5.41) is 6.75. The lowest BCUT2D eigenvalue weighted by Gasteiger charge is -2.26. The summed E-state index contributed by atoms with van der Waals surface area (Å²) in [7, 11) is 0. The lowest BCUT2D eigenvalue weighted by Crippen LogP contribution is -2.38. The third-order valence-corrected chi connectivity index (χ3v) is 3.85. The number of likely N-dealkylation sites (tertiary alicyclic amines) is 1. The Morgan fingerprint density at radius 1 is 1.05 bits per heavy atom. The third kappa shape index (κ3) is 9.72. The Balaban J connectivity index is 2.03. The fraction of sp³-hybridized carbons (Fsp3) is 0.941. The largest absolute Gasteiger partial charge is 0.357 e. The maximum Gasteiger partial charge on any atom is 0.191 e. The van der Waals surface area contributed by atoms with E-state index >= 15 is 0 Å². The Morgan fingerprint density at radius 3 is 2.48 bits per heavy atom. The number of piperidine rings is 1. The first-order valence-electron chi connectivity index (χ1n) is 8.97. The van der Waals surface area contributed by atoms with Crippen LogP contribution in [-0.2, 0) is 0 Å². The van der Waals surface area contributed by atoms with E-state index in [0.29, 0.717) is 5.92 Å². The van der Waals surface area contributed by atoms with Crippen molar-refractivity contribution in [3.63, 3.8) is 0 Å². The summed E-state index contributed by atoms with van der Waals surface area (Å²) in [5.41, 5.74) is 0. The van der Waals surface area contributed by atoms with Gasteiger partial charge in [-0.25, -0.2) is 0 Å². The molecule has 0 amide bonds. The van der Waals surface area contributed by atoms with Crippen molar-refractivity contribution in [2.24, 2.45) is 10.9 Å². The first-order chi connectivity index (χ1) is 10.2. The molecule has 0 aromatic carbocycles. The number of aliphatic imine (C=N–C) groups is 1. The number of hydrogen-bond acceptors (Lipinski definition) is 2. The van der Waals surface area contributed by atoms with E-state index in [0.717, 1.165) is 25.6 Å². The van der Waals surface area contributed by atoms with Crippen LogP contribution in [0.25, 0.3) is 0 Å². The number of guanidine groups is 1. The molecule has 0 aromatic rings. The van der Waals surface area contributed by atoms with Gasteiger partial charge in [-0.05, 0) is 58.2 Å². The minimum absolute atomic E-state index is 0.616. The van der Waals surface area contributed by atoms with E-state index in [1.807, 2.05) is 0 Å². The maximum atomic E-state index is 4.59. The van der Waals surface area contributed by atoms with Gasteiger partial charge in [-0.15, -0.1) is 0 Å². The summed E-state index contributed by atoms with van der Waals surface area (Å²) in [6, 6.07) is 0. The van der Waals surface area contributed by atoms with Crippen LogP contribution < -0.4 is 10.6 Å². The Bertz CT molecular complexity index is 270. The van der Waals surface area contributed by atoms with Crippen LogP contribution in [0.15, 0.2) is 4.99 Å². The number of nitrogens with zero attached hydrogens (tertiary/aromatic N) is 2. The van der Waals surface area contributed by atoms with Crippen molar-refractivity contribution in [2.75, 3.05) is 39.3 Å². The van der Waals surface area contributed by atoms with Crippen LogP contribution in [0.1, 0.15) is 59.3 Å². The van der Waals surface area contributed by atoms with Gasteiger partial charge in [0.15, 0.2) is 5.96 Å². The summed E-state index contributed by atoms with van der Waals surface area (Å²) in [5.74, 6) is 1.59. The average molecular weight is 297 g/mol. The first kappa shape index (κ1) is 18.3. The van der Waals surface area contributed by atoms with Crippen LogP contribution >= 0.6 is 0 Å². The van der Waals surface area contributed by atoms with Crippen LogP contribution in [0.5, 0.6) is 0 Å². The summed E-state index contributed by atoms with van der Waals surface area (Å²) < 4.78 is 0. The van der Waals surface area contributed by atoms with Gasteiger partial charge in [-0.1, -0.05) is 26.7 Å². The van der Waals surface area contributed by atoms with Gasteiger partial charge in [0.25, 0.3) is 0 Å². The zero-order valence-electron chi connectivity index (χ0n) is 14.5. The number of hydrogen-bond donors (Lipinski definition) is 2. The Labute approximate surface area is 131 Å². The molecule has 0 bridgehead atoms. The summed E-state index contributed by atoms with van der Waals surface area (Å²) in [6.45, 7) is 13.3. The molecule has 2 N–H and O–H groups in total. The van der Waals surface area contributed by atoms with Crippen LogP contribution in [0.3, 0.4) is 0 Å². The number of nitrogens with one attached hydrogen (secondary N) is 2. The summed E-state index contributed by atoms with van der Waals surface area (Å²) in [6.07, 6.45) is 8.12. The van der Waals surface area contributed by atoms with Gasteiger partial charge in [0, 0.05) is 19.6 Å². The van der Waals surface area contributed by atoms with Crippen molar-refractivity contribution >= 4 is 5.96 Å². The fourth-order valence-corrected chi connectivity index (χ4v) is 2.64. The van der Waals surface area contributed by atoms with Gasteiger partial charge in [0.05, 0.1) is 0 Å². The molecule has 0 unspecified atom stereocenters. The van der Waals surface area contributed by atoms with Crippen LogP contribution in [-0.4, -0.2) is 50.1 Å². The van der Waals surface area contributed by atoms with Gasteiger partial charge in [0.1, 0.15) is 0 Å².